The normalized spacial score (nSPS) is 23.9. The minimum absolute atomic E-state index is 0.0290. The summed E-state index contributed by atoms with van der Waals surface area (Å²) in [5.41, 5.74) is 4.89. The van der Waals surface area contributed by atoms with Crippen molar-refractivity contribution in [3.8, 4) is 5.88 Å². The van der Waals surface area contributed by atoms with Crippen LogP contribution in [0.15, 0.2) is 9.59 Å². The van der Waals surface area contributed by atoms with E-state index in [0.717, 1.165) is 28.5 Å². The van der Waals surface area contributed by atoms with Crippen LogP contribution in [0.3, 0.4) is 0 Å². The Bertz CT molecular complexity index is 548. The number of aromatic nitrogens is 3. The van der Waals surface area contributed by atoms with Crippen molar-refractivity contribution in [3.63, 3.8) is 0 Å². The van der Waals surface area contributed by atoms with Crippen LogP contribution in [0, 0.1) is 0 Å². The summed E-state index contributed by atoms with van der Waals surface area (Å²) in [4.78, 5) is 23.3. The molecule has 0 spiro atoms. The molecule has 0 bridgehead atoms. The molecule has 18 heavy (non-hydrogen) atoms. The molecule has 1 heterocycles. The summed E-state index contributed by atoms with van der Waals surface area (Å²) in [5.74, 6) is -0.0290. The van der Waals surface area contributed by atoms with Crippen LogP contribution in [0.25, 0.3) is 0 Å². The number of hydrogen-bond acceptors (Lipinski definition) is 5. The maximum absolute atomic E-state index is 11.8. The van der Waals surface area contributed by atoms with Crippen LogP contribution in [0.5, 0.6) is 5.88 Å². The van der Waals surface area contributed by atoms with Gasteiger partial charge >= 0.3 is 11.2 Å². The highest BCUT2D eigenvalue weighted by atomic mass is 16.5. The summed E-state index contributed by atoms with van der Waals surface area (Å²) in [5, 5.41) is 3.86. The molecule has 1 aromatic heterocycles. The van der Waals surface area contributed by atoms with Crippen LogP contribution < -0.4 is 21.7 Å². The standard InChI is InChI=1S/C11H18N4O3/c1-14-10(16)9(13-15(2)11(14)17)18-8-5-3-4-7(12)6-8/h7-8H,3-6,12H2,1-2H3. The van der Waals surface area contributed by atoms with Gasteiger partial charge in [-0.2, -0.15) is 0 Å². The maximum atomic E-state index is 11.8. The van der Waals surface area contributed by atoms with Crippen molar-refractivity contribution >= 4 is 0 Å². The van der Waals surface area contributed by atoms with Gasteiger partial charge in [-0.15, -0.1) is 5.10 Å². The Kier molecular flexibility index (Phi) is 3.51. The second kappa shape index (κ2) is 4.93. The number of rotatable bonds is 2. The third-order valence-corrected chi connectivity index (χ3v) is 3.24. The summed E-state index contributed by atoms with van der Waals surface area (Å²) in [7, 11) is 2.90. The van der Waals surface area contributed by atoms with E-state index >= 15 is 0 Å². The molecule has 0 aromatic carbocycles. The molecule has 7 nitrogen and oxygen atoms in total. The van der Waals surface area contributed by atoms with Crippen molar-refractivity contribution in [1.82, 2.24) is 14.3 Å². The van der Waals surface area contributed by atoms with Gasteiger partial charge < -0.3 is 10.5 Å². The number of aryl methyl sites for hydroxylation is 1. The van der Waals surface area contributed by atoms with Crippen LogP contribution in [0.2, 0.25) is 0 Å². The topological polar surface area (TPSA) is 92.1 Å². The molecule has 1 fully saturated rings. The predicted molar refractivity (Wildman–Crippen MR) is 65.6 cm³/mol. The van der Waals surface area contributed by atoms with Gasteiger partial charge in [-0.25, -0.2) is 9.48 Å². The van der Waals surface area contributed by atoms with E-state index in [-0.39, 0.29) is 18.0 Å². The fourth-order valence-electron chi connectivity index (χ4n) is 2.19. The van der Waals surface area contributed by atoms with Crippen molar-refractivity contribution < 1.29 is 4.74 Å². The summed E-state index contributed by atoms with van der Waals surface area (Å²) in [6, 6.07) is 0.111. The maximum Gasteiger partial charge on any atom is 0.347 e. The molecule has 0 radical (unpaired) electrons. The second-order valence-electron chi connectivity index (χ2n) is 4.74. The van der Waals surface area contributed by atoms with Gasteiger partial charge in [0.15, 0.2) is 0 Å². The summed E-state index contributed by atoms with van der Waals surface area (Å²) >= 11 is 0. The van der Waals surface area contributed by atoms with Gasteiger partial charge in [-0.3, -0.25) is 9.36 Å². The van der Waals surface area contributed by atoms with Crippen LogP contribution in [0.4, 0.5) is 0 Å². The first-order valence-electron chi connectivity index (χ1n) is 6.05. The molecule has 1 aliphatic carbocycles. The van der Waals surface area contributed by atoms with E-state index in [1.54, 1.807) is 0 Å². The van der Waals surface area contributed by atoms with Crippen LogP contribution in [-0.4, -0.2) is 26.5 Å². The molecule has 0 amide bonds. The summed E-state index contributed by atoms with van der Waals surface area (Å²) < 4.78 is 7.68. The molecule has 1 aliphatic rings. The number of ether oxygens (including phenoxy) is 1. The minimum atomic E-state index is -0.503. The smallest absolute Gasteiger partial charge is 0.347 e. The molecular formula is C11H18N4O3. The van der Waals surface area contributed by atoms with Crippen LogP contribution >= 0.6 is 0 Å². The first-order chi connectivity index (χ1) is 8.49. The Morgan fingerprint density at radius 3 is 2.72 bits per heavy atom. The molecule has 1 aromatic rings. The molecular weight excluding hydrogens is 236 g/mol. The average Bonchev–Trinajstić information content (AvgIpc) is 2.33. The third-order valence-electron chi connectivity index (χ3n) is 3.24. The minimum Gasteiger partial charge on any atom is -0.469 e. The molecule has 0 aliphatic heterocycles. The molecule has 0 saturated heterocycles. The second-order valence-corrected chi connectivity index (χ2v) is 4.74. The molecule has 100 valence electrons. The van der Waals surface area contributed by atoms with E-state index < -0.39 is 11.2 Å². The van der Waals surface area contributed by atoms with Crippen LogP contribution in [-0.2, 0) is 14.1 Å². The lowest BCUT2D eigenvalue weighted by molar-refractivity contribution is 0.132. The highest BCUT2D eigenvalue weighted by molar-refractivity contribution is 5.02. The number of hydrogen-bond donors (Lipinski definition) is 1. The Morgan fingerprint density at radius 1 is 1.33 bits per heavy atom. The zero-order valence-corrected chi connectivity index (χ0v) is 10.6. The third kappa shape index (κ3) is 2.45. The van der Waals surface area contributed by atoms with Crippen molar-refractivity contribution in [2.24, 2.45) is 19.8 Å². The van der Waals surface area contributed by atoms with Gasteiger partial charge in [0.05, 0.1) is 0 Å². The van der Waals surface area contributed by atoms with Gasteiger partial charge in [0.1, 0.15) is 6.10 Å². The fourth-order valence-corrected chi connectivity index (χ4v) is 2.19. The molecule has 2 rings (SSSR count). The first-order valence-corrected chi connectivity index (χ1v) is 6.05. The lowest BCUT2D eigenvalue weighted by atomic mass is 9.94. The SMILES string of the molecule is Cn1nc(OC2CCCC(N)C2)c(=O)n(C)c1=O. The predicted octanol–water partition coefficient (Wildman–Crippen LogP) is -0.872. The van der Waals surface area contributed by atoms with Crippen molar-refractivity contribution in [3.05, 3.63) is 20.8 Å². The van der Waals surface area contributed by atoms with Gasteiger partial charge in [0, 0.05) is 20.1 Å². The van der Waals surface area contributed by atoms with Gasteiger partial charge in [0.2, 0.25) is 0 Å². The van der Waals surface area contributed by atoms with Gasteiger partial charge in [0.25, 0.3) is 5.88 Å². The molecule has 1 saturated carbocycles. The zero-order valence-electron chi connectivity index (χ0n) is 10.6. The molecule has 2 atom stereocenters. The molecule has 2 unspecified atom stereocenters. The van der Waals surface area contributed by atoms with E-state index in [1.165, 1.54) is 14.1 Å². The largest absolute Gasteiger partial charge is 0.469 e. The van der Waals surface area contributed by atoms with E-state index in [2.05, 4.69) is 5.10 Å². The molecule has 2 N–H and O–H groups in total. The van der Waals surface area contributed by atoms with E-state index in [9.17, 15) is 9.59 Å². The Balaban J connectivity index is 2.24. The average molecular weight is 254 g/mol. The van der Waals surface area contributed by atoms with Gasteiger partial charge in [-0.1, -0.05) is 0 Å². The van der Waals surface area contributed by atoms with Crippen molar-refractivity contribution in [2.75, 3.05) is 0 Å². The highest BCUT2D eigenvalue weighted by Crippen LogP contribution is 2.19. The van der Waals surface area contributed by atoms with E-state index in [4.69, 9.17) is 10.5 Å². The first kappa shape index (κ1) is 12.8. The quantitative estimate of drug-likeness (QED) is 0.740. The van der Waals surface area contributed by atoms with E-state index in [1.807, 2.05) is 0 Å². The van der Waals surface area contributed by atoms with Gasteiger partial charge in [-0.05, 0) is 25.7 Å². The zero-order chi connectivity index (χ0) is 13.3. The number of nitrogens with zero attached hydrogens (tertiary/aromatic N) is 3. The Morgan fingerprint density at radius 2 is 2.06 bits per heavy atom. The highest BCUT2D eigenvalue weighted by Gasteiger charge is 2.22. The fraction of sp³-hybridized carbons (Fsp3) is 0.727. The van der Waals surface area contributed by atoms with Crippen molar-refractivity contribution in [2.45, 2.75) is 37.8 Å². The van der Waals surface area contributed by atoms with Crippen molar-refractivity contribution in [1.29, 1.82) is 0 Å². The number of nitrogens with two attached hydrogens (primary N) is 1. The van der Waals surface area contributed by atoms with E-state index in [0.29, 0.717) is 6.42 Å². The Labute approximate surface area is 104 Å². The monoisotopic (exact) mass is 254 g/mol. The Hall–Kier alpha value is -1.63. The summed E-state index contributed by atoms with van der Waals surface area (Å²) in [6.45, 7) is 0. The lowest BCUT2D eigenvalue weighted by Crippen LogP contribution is -2.41. The van der Waals surface area contributed by atoms with Crippen LogP contribution in [0.1, 0.15) is 25.7 Å². The molecule has 7 heteroatoms. The summed E-state index contributed by atoms with van der Waals surface area (Å²) in [6.07, 6.45) is 3.46. The lowest BCUT2D eigenvalue weighted by Gasteiger charge is -2.26.